The third-order valence-electron chi connectivity index (χ3n) is 13.5. The normalized spacial score (nSPS) is 19.7. The van der Waals surface area contributed by atoms with Crippen molar-refractivity contribution in [2.45, 2.75) is 76.0 Å². The molecule has 0 spiro atoms. The van der Waals surface area contributed by atoms with Crippen LogP contribution in [0.1, 0.15) is 71.6 Å². The topological polar surface area (TPSA) is 156 Å². The Hall–Kier alpha value is -5.82. The van der Waals surface area contributed by atoms with Crippen molar-refractivity contribution in [2.24, 2.45) is 5.92 Å². The Morgan fingerprint density at radius 3 is 2.22 bits per heavy atom. The molecule has 4 N–H and O–H groups in total. The molecule has 2 atom stereocenters. The number of phenols is 1. The second kappa shape index (κ2) is 19.7. The van der Waals surface area contributed by atoms with Gasteiger partial charge in [0.05, 0.1) is 29.9 Å². The number of rotatable bonds is 16. The molecule has 12 heteroatoms. The van der Waals surface area contributed by atoms with Crippen LogP contribution in [0.15, 0.2) is 108 Å². The maximum atomic E-state index is 14.1. The van der Waals surface area contributed by atoms with Gasteiger partial charge in [-0.3, -0.25) is 24.1 Å². The van der Waals surface area contributed by atoms with Crippen molar-refractivity contribution in [3.8, 4) is 5.75 Å². The Morgan fingerprint density at radius 1 is 0.857 bits per heavy atom. The number of H-pyrrole nitrogens is 1. The third-order valence-corrected chi connectivity index (χ3v) is 13.5. The Labute approximate surface area is 368 Å². The Bertz CT molecular complexity index is 2420. The number of carbonyl (C=O) groups is 3. The fourth-order valence-electron chi connectivity index (χ4n) is 9.65. The molecule has 9 rings (SSSR count). The highest BCUT2D eigenvalue weighted by Crippen LogP contribution is 2.39. The van der Waals surface area contributed by atoms with Crippen molar-refractivity contribution in [2.75, 3.05) is 52.4 Å². The summed E-state index contributed by atoms with van der Waals surface area (Å²) in [5, 5.41) is 25.1. The van der Waals surface area contributed by atoms with Gasteiger partial charge in [0.1, 0.15) is 11.9 Å². The zero-order chi connectivity index (χ0) is 43.9. The number of hydrogen-bond acceptors (Lipinski definition) is 9. The van der Waals surface area contributed by atoms with Crippen molar-refractivity contribution in [1.29, 1.82) is 0 Å². The molecule has 5 aromatic rings. The van der Waals surface area contributed by atoms with Gasteiger partial charge in [-0.15, -0.1) is 0 Å². The van der Waals surface area contributed by atoms with Crippen molar-refractivity contribution in [1.82, 2.24) is 25.0 Å². The number of carbonyl (C=O) groups excluding carboxylic acids is 3. The summed E-state index contributed by atoms with van der Waals surface area (Å²) in [6.07, 6.45) is 3.33. The minimum atomic E-state index is -0.878. The first-order valence-corrected chi connectivity index (χ1v) is 22.5. The van der Waals surface area contributed by atoms with E-state index in [4.69, 9.17) is 4.74 Å². The molecule has 4 aliphatic rings. The van der Waals surface area contributed by atoms with Crippen LogP contribution in [0.25, 0.3) is 10.9 Å². The van der Waals surface area contributed by atoms with Crippen LogP contribution >= 0.6 is 0 Å². The molecular formula is C51H59N5O7. The standard InChI is InChI=1S/C51H59N5O7/c1-35-8-10-38(11-9-35)33-56(25-5-24-52-32-44(58)41-16-18-43(57)49-42(41)17-19-46(59)53-49)48(61)31-37-14-12-36(13-15-37)30-47(60)55-28-22-51(23-29-55,40-6-3-2-4-7-40)50(62)63-45-34-54-26-20-39(45)21-27-54/h2-4,6-19,39,44-45,52,57-58H,5,20-34H2,1H3,(H,53,59). The SMILES string of the molecule is Cc1ccc(CN(CCCNCC(O)c2ccc(O)c3[nH]c(=O)ccc23)C(=O)Cc2ccc(CC(=O)N3CCC(C(=O)OC4CN5CCC4CC5)(c4ccccc4)CC3)cc2)cc1. The number of fused-ring (bicyclic) bond motifs is 4. The first kappa shape index (κ1) is 43.8. The van der Waals surface area contributed by atoms with Gasteiger partial charge in [-0.1, -0.05) is 90.5 Å². The number of aromatic nitrogens is 1. The molecule has 330 valence electrons. The summed E-state index contributed by atoms with van der Waals surface area (Å²) in [7, 11) is 0. The molecule has 0 aliphatic carbocycles. The number of ether oxygens (including phenoxy) is 1. The van der Waals surface area contributed by atoms with Crippen LogP contribution in [-0.2, 0) is 43.9 Å². The van der Waals surface area contributed by atoms with E-state index in [9.17, 15) is 29.4 Å². The third kappa shape index (κ3) is 10.4. The minimum absolute atomic E-state index is 0.00812. The van der Waals surface area contributed by atoms with Gasteiger partial charge in [-0.25, -0.2) is 0 Å². The number of esters is 1. The predicted octanol–water partition coefficient (Wildman–Crippen LogP) is 5.57. The van der Waals surface area contributed by atoms with Gasteiger partial charge in [0, 0.05) is 50.7 Å². The fraction of sp³-hybridized carbons (Fsp3) is 0.412. The number of pyridine rings is 1. The van der Waals surface area contributed by atoms with Gasteiger partial charge in [0.15, 0.2) is 0 Å². The highest BCUT2D eigenvalue weighted by molar-refractivity contribution is 5.87. The molecule has 63 heavy (non-hydrogen) atoms. The Kier molecular flexibility index (Phi) is 13.7. The number of nitrogens with zero attached hydrogens (tertiary/aromatic N) is 3. The average Bonchev–Trinajstić information content (AvgIpc) is 3.30. The molecule has 5 heterocycles. The summed E-state index contributed by atoms with van der Waals surface area (Å²) in [5.41, 5.74) is 4.64. The smallest absolute Gasteiger partial charge is 0.317 e. The van der Waals surface area contributed by atoms with Crippen LogP contribution < -0.4 is 10.9 Å². The fourth-order valence-corrected chi connectivity index (χ4v) is 9.65. The maximum absolute atomic E-state index is 14.1. The lowest BCUT2D eigenvalue weighted by Gasteiger charge is -2.46. The van der Waals surface area contributed by atoms with Gasteiger partial charge in [0.2, 0.25) is 17.4 Å². The number of nitrogens with one attached hydrogen (secondary N) is 2. The number of likely N-dealkylation sites (tertiary alicyclic amines) is 1. The number of aliphatic hydroxyl groups excluding tert-OH is 1. The summed E-state index contributed by atoms with van der Waals surface area (Å²) in [5.74, 6) is 0.219. The Balaban J connectivity index is 0.842. The number of aryl methyl sites for hydroxylation is 1. The van der Waals surface area contributed by atoms with Crippen molar-refractivity contribution < 1.29 is 29.3 Å². The molecular weight excluding hydrogens is 795 g/mol. The van der Waals surface area contributed by atoms with E-state index in [1.165, 1.54) is 12.1 Å². The van der Waals surface area contributed by atoms with E-state index in [-0.39, 0.29) is 60.1 Å². The molecule has 4 saturated heterocycles. The molecule has 0 radical (unpaired) electrons. The number of aromatic hydroxyl groups is 1. The van der Waals surface area contributed by atoms with E-state index in [0.29, 0.717) is 68.9 Å². The molecule has 4 fully saturated rings. The summed E-state index contributed by atoms with van der Waals surface area (Å²) in [6.45, 7) is 7.72. The van der Waals surface area contributed by atoms with Crippen molar-refractivity contribution >= 4 is 28.7 Å². The summed E-state index contributed by atoms with van der Waals surface area (Å²) >= 11 is 0. The minimum Gasteiger partial charge on any atom is -0.506 e. The van der Waals surface area contributed by atoms with Gasteiger partial charge < -0.3 is 35.1 Å². The molecule has 2 bridgehead atoms. The number of aromatic amines is 1. The van der Waals surface area contributed by atoms with Crippen LogP contribution in [0.5, 0.6) is 5.75 Å². The lowest BCUT2D eigenvalue weighted by atomic mass is 9.72. The predicted molar refractivity (Wildman–Crippen MR) is 242 cm³/mol. The maximum Gasteiger partial charge on any atom is 0.317 e. The molecule has 2 unspecified atom stereocenters. The quantitative estimate of drug-likeness (QED) is 0.0738. The zero-order valence-corrected chi connectivity index (χ0v) is 36.1. The lowest BCUT2D eigenvalue weighted by Crippen LogP contribution is -2.55. The van der Waals surface area contributed by atoms with Gasteiger partial charge >= 0.3 is 5.97 Å². The number of piperidine rings is 4. The number of aliphatic hydroxyl groups is 1. The lowest BCUT2D eigenvalue weighted by molar-refractivity contribution is -0.168. The Morgan fingerprint density at radius 2 is 1.54 bits per heavy atom. The largest absolute Gasteiger partial charge is 0.506 e. The molecule has 4 aliphatic heterocycles. The van der Waals surface area contributed by atoms with Crippen LogP contribution in [-0.4, -0.2) is 106 Å². The molecule has 12 nitrogen and oxygen atoms in total. The summed E-state index contributed by atoms with van der Waals surface area (Å²) in [6, 6.07) is 31.9. The first-order chi connectivity index (χ1) is 30.5. The van der Waals surface area contributed by atoms with Crippen molar-refractivity contribution in [3.05, 3.63) is 147 Å². The van der Waals surface area contributed by atoms with E-state index in [0.717, 1.165) is 60.3 Å². The zero-order valence-electron chi connectivity index (χ0n) is 36.1. The van der Waals surface area contributed by atoms with Crippen LogP contribution in [0.4, 0.5) is 0 Å². The van der Waals surface area contributed by atoms with Crippen LogP contribution in [0, 0.1) is 12.8 Å². The average molecular weight is 854 g/mol. The van der Waals surface area contributed by atoms with Crippen LogP contribution in [0.3, 0.4) is 0 Å². The van der Waals surface area contributed by atoms with Gasteiger partial charge in [0.25, 0.3) is 0 Å². The van der Waals surface area contributed by atoms with Gasteiger partial charge in [-0.05, 0) is 105 Å². The van der Waals surface area contributed by atoms with E-state index in [1.807, 2.05) is 95.6 Å². The molecule has 2 amide bonds. The monoisotopic (exact) mass is 853 g/mol. The molecule has 4 aromatic carbocycles. The van der Waals surface area contributed by atoms with E-state index in [2.05, 4.69) is 15.2 Å². The first-order valence-electron chi connectivity index (χ1n) is 22.5. The number of phenolic OH excluding ortho intramolecular Hbond substituents is 1. The highest BCUT2D eigenvalue weighted by atomic mass is 16.5. The number of hydrogen-bond donors (Lipinski definition) is 4. The number of amides is 2. The molecule has 1 aromatic heterocycles. The van der Waals surface area contributed by atoms with Gasteiger partial charge in [-0.2, -0.15) is 0 Å². The van der Waals surface area contributed by atoms with E-state index < -0.39 is 11.5 Å². The second-order valence-corrected chi connectivity index (χ2v) is 17.7. The van der Waals surface area contributed by atoms with E-state index in [1.54, 1.807) is 12.1 Å². The highest BCUT2D eigenvalue weighted by Gasteiger charge is 2.47. The summed E-state index contributed by atoms with van der Waals surface area (Å²) < 4.78 is 6.33. The number of benzene rings is 4. The second-order valence-electron chi connectivity index (χ2n) is 17.7. The van der Waals surface area contributed by atoms with Crippen LogP contribution in [0.2, 0.25) is 0 Å². The van der Waals surface area contributed by atoms with Crippen molar-refractivity contribution in [3.63, 3.8) is 0 Å². The molecule has 0 saturated carbocycles. The van der Waals surface area contributed by atoms with E-state index >= 15 is 0 Å². The summed E-state index contributed by atoms with van der Waals surface area (Å²) in [4.78, 5) is 62.2.